The molecule has 0 bridgehead atoms. The minimum absolute atomic E-state index is 0.295. The van der Waals surface area contributed by atoms with Crippen molar-refractivity contribution in [3.05, 3.63) is 0 Å². The smallest absolute Gasteiger partial charge is 0.227 e. The molecule has 0 aromatic rings. The Labute approximate surface area is 57.2 Å². The molecule has 0 amide bonds. The Morgan fingerprint density at radius 2 is 2.00 bits per heavy atom. The number of nitrogens with one attached hydrogen (secondary N) is 1. The van der Waals surface area contributed by atoms with Crippen molar-refractivity contribution in [2.24, 2.45) is 5.92 Å². The van der Waals surface area contributed by atoms with Crippen LogP contribution in [0.2, 0.25) is 0 Å². The molecule has 0 saturated heterocycles. The van der Waals surface area contributed by atoms with Gasteiger partial charge in [0.05, 0.1) is 0 Å². The largest absolute Gasteiger partial charge is 0.277 e. The van der Waals surface area contributed by atoms with Crippen LogP contribution in [-0.2, 0) is 9.87 Å². The van der Waals surface area contributed by atoms with Gasteiger partial charge in [0.1, 0.15) is 9.87 Å². The van der Waals surface area contributed by atoms with E-state index in [1.807, 2.05) is 13.8 Å². The first-order valence-corrected chi connectivity index (χ1v) is 4.24. The predicted octanol–water partition coefficient (Wildman–Crippen LogP) is -0.355. The second-order valence-electron chi connectivity index (χ2n) is 2.29. The average Bonchev–Trinajstić information content (AvgIpc) is 1.59. The standard InChI is InChI=1S/C4H10BNO2S/c1-4(2)3-6-9(5,7)8/h4,6H,3H2,1-2H3. The van der Waals surface area contributed by atoms with Gasteiger partial charge in [-0.3, -0.25) is 0 Å². The van der Waals surface area contributed by atoms with Gasteiger partial charge in [-0.1, -0.05) is 13.8 Å². The minimum atomic E-state index is -3.47. The highest BCUT2D eigenvalue weighted by Gasteiger charge is 1.99. The normalized spacial score (nSPS) is 12.3. The minimum Gasteiger partial charge on any atom is -0.227 e. The zero-order valence-corrected chi connectivity index (χ0v) is 6.40. The van der Waals surface area contributed by atoms with Gasteiger partial charge in [0, 0.05) is 6.54 Å². The van der Waals surface area contributed by atoms with Crippen molar-refractivity contribution in [3.63, 3.8) is 0 Å². The molecule has 1 N–H and O–H groups in total. The summed E-state index contributed by atoms with van der Waals surface area (Å²) >= 11 is 0. The van der Waals surface area contributed by atoms with Crippen LogP contribution in [0.5, 0.6) is 0 Å². The van der Waals surface area contributed by atoms with Crippen molar-refractivity contribution in [1.82, 2.24) is 4.72 Å². The Morgan fingerprint density at radius 3 is 2.11 bits per heavy atom. The molecule has 0 aliphatic rings. The van der Waals surface area contributed by atoms with E-state index in [-0.39, 0.29) is 0 Å². The molecule has 0 rings (SSSR count). The van der Waals surface area contributed by atoms with Gasteiger partial charge >= 0.3 is 0 Å². The highest BCUT2D eigenvalue weighted by molar-refractivity contribution is 8.10. The van der Waals surface area contributed by atoms with E-state index in [1.54, 1.807) is 0 Å². The molecule has 0 unspecified atom stereocenters. The maximum Gasteiger partial charge on any atom is 0.277 e. The second kappa shape index (κ2) is 3.22. The van der Waals surface area contributed by atoms with E-state index in [4.69, 9.17) is 0 Å². The molecule has 0 aromatic carbocycles. The van der Waals surface area contributed by atoms with Crippen molar-refractivity contribution in [2.75, 3.05) is 6.54 Å². The fourth-order valence-corrected chi connectivity index (χ4v) is 0.848. The summed E-state index contributed by atoms with van der Waals surface area (Å²) in [6.07, 6.45) is 0. The van der Waals surface area contributed by atoms with Crippen molar-refractivity contribution < 1.29 is 8.42 Å². The summed E-state index contributed by atoms with van der Waals surface area (Å²) in [6.45, 7) is 4.20. The monoisotopic (exact) mass is 147 g/mol. The molecule has 2 radical (unpaired) electrons. The number of hydrogen-bond acceptors (Lipinski definition) is 2. The predicted molar refractivity (Wildman–Crippen MR) is 37.5 cm³/mol. The summed E-state index contributed by atoms with van der Waals surface area (Å²) < 4.78 is 22.6. The molecule has 0 fully saturated rings. The van der Waals surface area contributed by atoms with Crippen molar-refractivity contribution in [2.45, 2.75) is 13.8 Å². The number of hydrogen-bond donors (Lipinski definition) is 1. The molecule has 5 heteroatoms. The summed E-state index contributed by atoms with van der Waals surface area (Å²) in [4.78, 5) is 0. The first-order valence-electron chi connectivity index (χ1n) is 2.69. The van der Waals surface area contributed by atoms with Gasteiger partial charge in [-0.05, 0) is 5.92 Å². The Bertz CT molecular complexity index is 163. The fraction of sp³-hybridized carbons (Fsp3) is 1.00. The van der Waals surface area contributed by atoms with Gasteiger partial charge in [0.25, 0.3) is 7.12 Å². The van der Waals surface area contributed by atoms with Gasteiger partial charge in [-0.2, -0.15) is 0 Å². The third kappa shape index (κ3) is 7.97. The first kappa shape index (κ1) is 8.97. The molecule has 0 aliphatic carbocycles. The highest BCUT2D eigenvalue weighted by Crippen LogP contribution is 1.87. The maximum atomic E-state index is 10.2. The molecule has 0 saturated carbocycles. The van der Waals surface area contributed by atoms with Gasteiger partial charge < -0.3 is 0 Å². The van der Waals surface area contributed by atoms with Crippen LogP contribution in [-0.4, -0.2) is 22.1 Å². The average molecular weight is 147 g/mol. The molecule has 0 aromatic heterocycles. The summed E-state index contributed by atoms with van der Waals surface area (Å²) in [5.74, 6) is 0.295. The van der Waals surface area contributed by atoms with Gasteiger partial charge in [0.15, 0.2) is 0 Å². The lowest BCUT2D eigenvalue weighted by Gasteiger charge is -2.03. The topological polar surface area (TPSA) is 46.2 Å². The summed E-state index contributed by atoms with van der Waals surface area (Å²) in [5, 5.41) is 0. The van der Waals surface area contributed by atoms with E-state index in [9.17, 15) is 8.42 Å². The van der Waals surface area contributed by atoms with Crippen LogP contribution in [0.4, 0.5) is 0 Å². The summed E-state index contributed by atoms with van der Waals surface area (Å²) in [7, 11) is 1.18. The molecule has 3 nitrogen and oxygen atoms in total. The lowest BCUT2D eigenvalue weighted by molar-refractivity contribution is 0.572. The van der Waals surface area contributed by atoms with Gasteiger partial charge in [-0.25, -0.2) is 13.1 Å². The van der Waals surface area contributed by atoms with E-state index in [1.165, 1.54) is 0 Å². The van der Waals surface area contributed by atoms with Crippen LogP contribution in [0, 0.1) is 5.92 Å². The van der Waals surface area contributed by atoms with Gasteiger partial charge in [0.2, 0.25) is 0 Å². The Kier molecular flexibility index (Phi) is 3.21. The lowest BCUT2D eigenvalue weighted by Crippen LogP contribution is -2.26. The Hall–Kier alpha value is -0.0251. The third-order valence-electron chi connectivity index (χ3n) is 0.693. The molecular formula is C4H10BNO2S. The van der Waals surface area contributed by atoms with Crippen molar-refractivity contribution in [1.29, 1.82) is 0 Å². The second-order valence-corrected chi connectivity index (χ2v) is 3.67. The van der Waals surface area contributed by atoms with E-state index >= 15 is 0 Å². The molecule has 0 spiro atoms. The molecule has 9 heavy (non-hydrogen) atoms. The van der Waals surface area contributed by atoms with Crippen molar-refractivity contribution in [3.8, 4) is 0 Å². The first-order chi connectivity index (χ1) is 3.92. The van der Waals surface area contributed by atoms with Crippen LogP contribution in [0.3, 0.4) is 0 Å². The molecule has 0 aliphatic heterocycles. The SMILES string of the molecule is [B]S(=O)(=O)NCC(C)C. The van der Waals surface area contributed by atoms with Crippen LogP contribution < -0.4 is 4.72 Å². The third-order valence-corrected chi connectivity index (χ3v) is 1.26. The molecule has 0 heterocycles. The Morgan fingerprint density at radius 1 is 1.56 bits per heavy atom. The lowest BCUT2D eigenvalue weighted by atomic mass is 10.2. The van der Waals surface area contributed by atoms with E-state index in [0.717, 1.165) is 0 Å². The summed E-state index contributed by atoms with van der Waals surface area (Å²) in [6, 6.07) is 0. The van der Waals surface area contributed by atoms with Crippen LogP contribution in [0.15, 0.2) is 0 Å². The van der Waals surface area contributed by atoms with Crippen LogP contribution >= 0.6 is 0 Å². The molecule has 0 atom stereocenters. The molecular weight excluding hydrogens is 137 g/mol. The van der Waals surface area contributed by atoms with Gasteiger partial charge in [-0.15, -0.1) is 0 Å². The van der Waals surface area contributed by atoms with E-state index in [0.29, 0.717) is 12.5 Å². The summed E-state index contributed by atoms with van der Waals surface area (Å²) in [5.41, 5.74) is 0. The highest BCUT2D eigenvalue weighted by atomic mass is 32.2. The molecule has 52 valence electrons. The quantitative estimate of drug-likeness (QED) is 0.554. The van der Waals surface area contributed by atoms with Crippen LogP contribution in [0.25, 0.3) is 0 Å². The van der Waals surface area contributed by atoms with Crippen molar-refractivity contribution >= 4 is 17.0 Å². The maximum absolute atomic E-state index is 10.2. The zero-order chi connectivity index (χ0) is 7.49. The zero-order valence-electron chi connectivity index (χ0n) is 5.59. The fourth-order valence-electron chi connectivity index (χ4n) is 0.283. The Balaban J connectivity index is 3.53. The van der Waals surface area contributed by atoms with E-state index in [2.05, 4.69) is 11.8 Å². The number of rotatable bonds is 3. The van der Waals surface area contributed by atoms with E-state index < -0.39 is 9.87 Å². The van der Waals surface area contributed by atoms with Crippen LogP contribution in [0.1, 0.15) is 13.8 Å².